The van der Waals surface area contributed by atoms with Crippen molar-refractivity contribution >= 4 is 5.82 Å². The van der Waals surface area contributed by atoms with Crippen molar-refractivity contribution in [3.05, 3.63) is 29.5 Å². The molecule has 2 aromatic rings. The van der Waals surface area contributed by atoms with Gasteiger partial charge >= 0.3 is 0 Å². The van der Waals surface area contributed by atoms with E-state index in [0.717, 1.165) is 17.0 Å². The van der Waals surface area contributed by atoms with Gasteiger partial charge in [-0.15, -0.1) is 5.10 Å². The highest BCUT2D eigenvalue weighted by Crippen LogP contribution is 2.42. The van der Waals surface area contributed by atoms with Crippen LogP contribution in [0, 0.1) is 0 Å². The third-order valence-electron chi connectivity index (χ3n) is 3.55. The molecule has 0 spiro atoms. The minimum Gasteiger partial charge on any atom is -0.493 e. The number of anilines is 1. The first-order valence-corrected chi connectivity index (χ1v) is 6.62. The zero-order valence-electron chi connectivity index (χ0n) is 11.7. The van der Waals surface area contributed by atoms with Crippen molar-refractivity contribution in [3.63, 3.8) is 0 Å². The minimum atomic E-state index is 0.519. The van der Waals surface area contributed by atoms with Crippen molar-refractivity contribution in [2.24, 2.45) is 0 Å². The van der Waals surface area contributed by atoms with Crippen molar-refractivity contribution in [3.8, 4) is 11.5 Å². The van der Waals surface area contributed by atoms with Gasteiger partial charge in [-0.05, 0) is 30.5 Å². The molecule has 0 radical (unpaired) electrons. The van der Waals surface area contributed by atoms with Gasteiger partial charge < -0.3 is 15.2 Å². The van der Waals surface area contributed by atoms with Crippen LogP contribution in [0.3, 0.4) is 0 Å². The van der Waals surface area contributed by atoms with Crippen LogP contribution in [-0.2, 0) is 6.54 Å². The first-order valence-electron chi connectivity index (χ1n) is 6.62. The summed E-state index contributed by atoms with van der Waals surface area (Å²) >= 11 is 0. The standard InChI is InChI=1S/C14H18N4O2/c1-19-11-6-3-9(7-12(11)20-2)8-18-13(10-4-5-10)14(15)16-17-18/h3,6-7,10H,4-5,8,15H2,1-2H3. The lowest BCUT2D eigenvalue weighted by molar-refractivity contribution is 0.354. The molecule has 2 N–H and O–H groups in total. The lowest BCUT2D eigenvalue weighted by atomic mass is 10.2. The molecule has 6 heteroatoms. The number of methoxy groups -OCH3 is 2. The van der Waals surface area contributed by atoms with Crippen molar-refractivity contribution < 1.29 is 9.47 Å². The second kappa shape index (κ2) is 5.03. The monoisotopic (exact) mass is 274 g/mol. The molecule has 1 aliphatic rings. The average molecular weight is 274 g/mol. The number of nitrogens with zero attached hydrogens (tertiary/aromatic N) is 3. The number of hydrogen-bond acceptors (Lipinski definition) is 5. The Labute approximate surface area is 117 Å². The average Bonchev–Trinajstić information content (AvgIpc) is 3.23. The van der Waals surface area contributed by atoms with Gasteiger partial charge in [-0.1, -0.05) is 11.3 Å². The summed E-state index contributed by atoms with van der Waals surface area (Å²) in [4.78, 5) is 0. The fraction of sp³-hybridized carbons (Fsp3) is 0.429. The molecular weight excluding hydrogens is 256 g/mol. The summed E-state index contributed by atoms with van der Waals surface area (Å²) in [5, 5.41) is 8.13. The molecule has 0 unspecified atom stereocenters. The van der Waals surface area contributed by atoms with Crippen molar-refractivity contribution in [1.29, 1.82) is 0 Å². The van der Waals surface area contributed by atoms with Gasteiger partial charge in [-0.25, -0.2) is 4.68 Å². The summed E-state index contributed by atoms with van der Waals surface area (Å²) in [6.45, 7) is 0.635. The van der Waals surface area contributed by atoms with E-state index in [0.29, 0.717) is 24.0 Å². The molecule has 106 valence electrons. The number of aromatic nitrogens is 3. The van der Waals surface area contributed by atoms with E-state index in [2.05, 4.69) is 10.3 Å². The molecule has 1 saturated carbocycles. The van der Waals surface area contributed by atoms with Crippen LogP contribution >= 0.6 is 0 Å². The van der Waals surface area contributed by atoms with Gasteiger partial charge in [0, 0.05) is 5.92 Å². The topological polar surface area (TPSA) is 75.2 Å². The fourth-order valence-electron chi connectivity index (χ4n) is 2.38. The molecule has 0 atom stereocenters. The van der Waals surface area contributed by atoms with Crippen molar-refractivity contribution in [2.45, 2.75) is 25.3 Å². The molecular formula is C14H18N4O2. The van der Waals surface area contributed by atoms with Crippen LogP contribution in [0.5, 0.6) is 11.5 Å². The van der Waals surface area contributed by atoms with Gasteiger partial charge in [0.2, 0.25) is 0 Å². The Kier molecular flexibility index (Phi) is 3.22. The van der Waals surface area contributed by atoms with E-state index in [-0.39, 0.29) is 0 Å². The maximum Gasteiger partial charge on any atom is 0.169 e. The first-order chi connectivity index (χ1) is 9.72. The van der Waals surface area contributed by atoms with Crippen molar-refractivity contribution in [2.75, 3.05) is 20.0 Å². The Balaban J connectivity index is 1.88. The summed E-state index contributed by atoms with van der Waals surface area (Å²) in [5.74, 6) is 2.50. The van der Waals surface area contributed by atoms with E-state index in [1.165, 1.54) is 12.8 Å². The first kappa shape index (κ1) is 12.8. The van der Waals surface area contributed by atoms with E-state index in [1.807, 2.05) is 22.9 Å². The molecule has 0 saturated heterocycles. The highest BCUT2D eigenvalue weighted by molar-refractivity contribution is 5.43. The number of nitrogens with two attached hydrogens (primary N) is 1. The summed E-state index contributed by atoms with van der Waals surface area (Å²) in [6, 6.07) is 5.84. The minimum absolute atomic E-state index is 0.519. The summed E-state index contributed by atoms with van der Waals surface area (Å²) in [6.07, 6.45) is 2.34. The maximum absolute atomic E-state index is 5.90. The highest BCUT2D eigenvalue weighted by atomic mass is 16.5. The summed E-state index contributed by atoms with van der Waals surface area (Å²) < 4.78 is 12.4. The normalized spacial score (nSPS) is 14.3. The Morgan fingerprint density at radius 3 is 2.65 bits per heavy atom. The molecule has 20 heavy (non-hydrogen) atoms. The van der Waals surface area contributed by atoms with E-state index in [4.69, 9.17) is 15.2 Å². The molecule has 1 aromatic heterocycles. The number of nitrogen functional groups attached to an aromatic ring is 1. The van der Waals surface area contributed by atoms with Gasteiger partial charge in [0.15, 0.2) is 17.3 Å². The number of rotatable bonds is 5. The predicted molar refractivity (Wildman–Crippen MR) is 75.1 cm³/mol. The molecule has 1 heterocycles. The molecule has 1 fully saturated rings. The molecule has 0 amide bonds. The van der Waals surface area contributed by atoms with Gasteiger partial charge in [0.1, 0.15) is 0 Å². The lowest BCUT2D eigenvalue weighted by Crippen LogP contribution is -2.07. The largest absolute Gasteiger partial charge is 0.493 e. The molecule has 0 bridgehead atoms. The van der Waals surface area contributed by atoms with Crippen LogP contribution in [0.15, 0.2) is 18.2 Å². The van der Waals surface area contributed by atoms with Crippen LogP contribution in [0.1, 0.15) is 30.0 Å². The van der Waals surface area contributed by atoms with E-state index < -0.39 is 0 Å². The smallest absolute Gasteiger partial charge is 0.169 e. The molecule has 1 aliphatic carbocycles. The zero-order chi connectivity index (χ0) is 14.1. The third kappa shape index (κ3) is 2.29. The van der Waals surface area contributed by atoms with Gasteiger partial charge in [-0.2, -0.15) is 0 Å². The van der Waals surface area contributed by atoms with Crippen LogP contribution in [-0.4, -0.2) is 29.2 Å². The fourth-order valence-corrected chi connectivity index (χ4v) is 2.38. The molecule has 0 aliphatic heterocycles. The van der Waals surface area contributed by atoms with Gasteiger partial charge in [0.05, 0.1) is 26.5 Å². The number of benzene rings is 1. The van der Waals surface area contributed by atoms with Crippen molar-refractivity contribution in [1.82, 2.24) is 15.0 Å². The van der Waals surface area contributed by atoms with Gasteiger partial charge in [-0.3, -0.25) is 0 Å². The summed E-state index contributed by atoms with van der Waals surface area (Å²) in [7, 11) is 3.26. The van der Waals surface area contributed by atoms with E-state index >= 15 is 0 Å². The lowest BCUT2D eigenvalue weighted by Gasteiger charge is -2.10. The third-order valence-corrected chi connectivity index (χ3v) is 3.55. The second-order valence-corrected chi connectivity index (χ2v) is 4.98. The molecule has 6 nitrogen and oxygen atoms in total. The quantitative estimate of drug-likeness (QED) is 0.899. The van der Waals surface area contributed by atoms with Crippen LogP contribution in [0.2, 0.25) is 0 Å². The Bertz CT molecular complexity index is 620. The Morgan fingerprint density at radius 1 is 1.25 bits per heavy atom. The number of ether oxygens (including phenoxy) is 2. The highest BCUT2D eigenvalue weighted by Gasteiger charge is 2.30. The molecule has 3 rings (SSSR count). The van der Waals surface area contributed by atoms with Gasteiger partial charge in [0.25, 0.3) is 0 Å². The van der Waals surface area contributed by atoms with E-state index in [9.17, 15) is 0 Å². The second-order valence-electron chi connectivity index (χ2n) is 4.98. The Hall–Kier alpha value is -2.24. The van der Waals surface area contributed by atoms with Crippen LogP contribution < -0.4 is 15.2 Å². The van der Waals surface area contributed by atoms with Crippen LogP contribution in [0.25, 0.3) is 0 Å². The van der Waals surface area contributed by atoms with E-state index in [1.54, 1.807) is 14.2 Å². The molecule has 1 aromatic carbocycles. The van der Waals surface area contributed by atoms with Crippen LogP contribution in [0.4, 0.5) is 5.82 Å². The Morgan fingerprint density at radius 2 is 2.00 bits per heavy atom. The SMILES string of the molecule is COc1ccc(Cn2nnc(N)c2C2CC2)cc1OC. The predicted octanol–water partition coefficient (Wildman–Crippen LogP) is 1.80. The number of hydrogen-bond donors (Lipinski definition) is 1. The maximum atomic E-state index is 5.90. The summed E-state index contributed by atoms with van der Waals surface area (Å²) in [5.41, 5.74) is 8.03. The zero-order valence-corrected chi connectivity index (χ0v) is 11.7.